The van der Waals surface area contributed by atoms with Crippen LogP contribution in [0.3, 0.4) is 0 Å². The van der Waals surface area contributed by atoms with Gasteiger partial charge in [-0.25, -0.2) is 0 Å². The Bertz CT molecular complexity index is 260. The first-order valence-corrected chi connectivity index (χ1v) is 7.65. The molecule has 1 aliphatic carbocycles. The molecule has 0 spiro atoms. The average Bonchev–Trinajstić information content (AvgIpc) is 2.31. The molecule has 3 unspecified atom stereocenters. The summed E-state index contributed by atoms with van der Waals surface area (Å²) >= 11 is 0. The van der Waals surface area contributed by atoms with Crippen molar-refractivity contribution in [1.82, 2.24) is 0 Å². The minimum absolute atomic E-state index is 0.0411. The van der Waals surface area contributed by atoms with Gasteiger partial charge in [-0.2, -0.15) is 0 Å². The number of ether oxygens (including phenoxy) is 1. The third-order valence-electron chi connectivity index (χ3n) is 5.18. The predicted octanol–water partition coefficient (Wildman–Crippen LogP) is 4.12. The smallest absolute Gasteiger partial charge is 0.0736 e. The van der Waals surface area contributed by atoms with Gasteiger partial charge < -0.3 is 10.5 Å². The molecule has 1 rings (SSSR count). The Labute approximate surface area is 114 Å². The van der Waals surface area contributed by atoms with Crippen LogP contribution in [0.2, 0.25) is 0 Å². The Hall–Kier alpha value is -0.0800. The van der Waals surface area contributed by atoms with Gasteiger partial charge in [0.2, 0.25) is 0 Å². The Morgan fingerprint density at radius 3 is 2.17 bits per heavy atom. The molecule has 0 aromatic carbocycles. The van der Waals surface area contributed by atoms with Gasteiger partial charge >= 0.3 is 0 Å². The predicted molar refractivity (Wildman–Crippen MR) is 78.6 cm³/mol. The Kier molecular flexibility index (Phi) is 5.25. The number of hydrogen-bond donors (Lipinski definition) is 1. The van der Waals surface area contributed by atoms with Crippen molar-refractivity contribution in [2.75, 3.05) is 0 Å². The Morgan fingerprint density at radius 2 is 1.67 bits per heavy atom. The monoisotopic (exact) mass is 255 g/mol. The second-order valence-electron chi connectivity index (χ2n) is 7.29. The van der Waals surface area contributed by atoms with Crippen LogP contribution in [0.25, 0.3) is 0 Å². The third-order valence-corrected chi connectivity index (χ3v) is 5.18. The van der Waals surface area contributed by atoms with E-state index in [1.54, 1.807) is 0 Å². The molecule has 0 amide bonds. The van der Waals surface area contributed by atoms with Gasteiger partial charge in [0.15, 0.2) is 0 Å². The van der Waals surface area contributed by atoms with E-state index in [2.05, 4.69) is 41.5 Å². The van der Waals surface area contributed by atoms with Gasteiger partial charge in [0.25, 0.3) is 0 Å². The third kappa shape index (κ3) is 3.96. The molecule has 2 heteroatoms. The van der Waals surface area contributed by atoms with Gasteiger partial charge in [-0.3, -0.25) is 0 Å². The second kappa shape index (κ2) is 5.92. The van der Waals surface area contributed by atoms with Crippen molar-refractivity contribution >= 4 is 0 Å². The normalized spacial score (nSPS) is 30.5. The fraction of sp³-hybridized carbons (Fsp3) is 1.00. The molecule has 3 atom stereocenters. The van der Waals surface area contributed by atoms with E-state index in [0.29, 0.717) is 5.41 Å². The molecule has 0 heterocycles. The molecule has 0 aromatic heterocycles. The molecule has 1 saturated carbocycles. The summed E-state index contributed by atoms with van der Waals surface area (Å²) in [6.45, 7) is 13.6. The van der Waals surface area contributed by atoms with Gasteiger partial charge in [0, 0.05) is 6.04 Å². The summed E-state index contributed by atoms with van der Waals surface area (Å²) in [5.41, 5.74) is 6.64. The van der Waals surface area contributed by atoms with Crippen molar-refractivity contribution in [2.24, 2.45) is 17.1 Å². The van der Waals surface area contributed by atoms with Crippen molar-refractivity contribution < 1.29 is 4.74 Å². The molecule has 1 aliphatic rings. The number of nitrogens with two attached hydrogens (primary N) is 1. The zero-order valence-electron chi connectivity index (χ0n) is 13.3. The molecule has 1 fully saturated rings. The number of hydrogen-bond acceptors (Lipinski definition) is 2. The van der Waals surface area contributed by atoms with E-state index in [-0.39, 0.29) is 17.7 Å². The maximum Gasteiger partial charge on any atom is 0.0736 e. The highest BCUT2D eigenvalue weighted by Gasteiger charge is 2.38. The topological polar surface area (TPSA) is 35.2 Å². The van der Waals surface area contributed by atoms with Gasteiger partial charge in [-0.05, 0) is 50.9 Å². The lowest BCUT2D eigenvalue weighted by atomic mass is 9.68. The van der Waals surface area contributed by atoms with Crippen LogP contribution in [0.15, 0.2) is 0 Å². The van der Waals surface area contributed by atoms with E-state index in [0.717, 1.165) is 25.2 Å². The Balaban J connectivity index is 2.67. The highest BCUT2D eigenvalue weighted by molar-refractivity contribution is 4.90. The van der Waals surface area contributed by atoms with Gasteiger partial charge in [0.1, 0.15) is 0 Å². The molecule has 0 saturated heterocycles. The summed E-state index contributed by atoms with van der Waals surface area (Å²) in [6.07, 6.45) is 6.01. The van der Waals surface area contributed by atoms with Crippen LogP contribution in [0.5, 0.6) is 0 Å². The van der Waals surface area contributed by atoms with E-state index in [4.69, 9.17) is 10.5 Å². The average molecular weight is 255 g/mol. The number of rotatable bonds is 5. The maximum atomic E-state index is 6.29. The fourth-order valence-corrected chi connectivity index (χ4v) is 2.78. The molecule has 108 valence electrons. The molecule has 0 radical (unpaired) electrons. The first kappa shape index (κ1) is 16.0. The fourth-order valence-electron chi connectivity index (χ4n) is 2.78. The van der Waals surface area contributed by atoms with Crippen LogP contribution in [0.1, 0.15) is 73.6 Å². The quantitative estimate of drug-likeness (QED) is 0.802. The lowest BCUT2D eigenvalue weighted by Crippen LogP contribution is -2.48. The van der Waals surface area contributed by atoms with Crippen LogP contribution in [-0.2, 0) is 4.74 Å². The minimum Gasteiger partial charge on any atom is -0.371 e. The minimum atomic E-state index is -0.0411. The van der Waals surface area contributed by atoms with Crippen molar-refractivity contribution in [2.45, 2.75) is 91.4 Å². The molecule has 18 heavy (non-hydrogen) atoms. The summed E-state index contributed by atoms with van der Waals surface area (Å²) in [6, 6.07) is 0.222. The molecule has 0 aromatic rings. The van der Waals surface area contributed by atoms with Crippen molar-refractivity contribution in [3.8, 4) is 0 Å². The molecule has 0 aliphatic heterocycles. The van der Waals surface area contributed by atoms with Crippen molar-refractivity contribution in [3.63, 3.8) is 0 Å². The summed E-state index contributed by atoms with van der Waals surface area (Å²) in [7, 11) is 0. The van der Waals surface area contributed by atoms with E-state index in [1.807, 2.05) is 0 Å². The van der Waals surface area contributed by atoms with Gasteiger partial charge in [0.05, 0.1) is 11.7 Å². The first-order chi connectivity index (χ1) is 8.22. The lowest BCUT2D eigenvalue weighted by Gasteiger charge is -2.44. The van der Waals surface area contributed by atoms with Crippen LogP contribution in [0, 0.1) is 11.3 Å². The second-order valence-corrected chi connectivity index (χ2v) is 7.29. The summed E-state index contributed by atoms with van der Waals surface area (Å²) < 4.78 is 6.29. The van der Waals surface area contributed by atoms with Gasteiger partial charge in [-0.1, -0.05) is 34.1 Å². The lowest BCUT2D eigenvalue weighted by molar-refractivity contribution is -0.110. The molecular weight excluding hydrogens is 222 g/mol. The van der Waals surface area contributed by atoms with Crippen LogP contribution in [0.4, 0.5) is 0 Å². The van der Waals surface area contributed by atoms with Crippen LogP contribution < -0.4 is 5.73 Å². The summed E-state index contributed by atoms with van der Waals surface area (Å²) in [5.74, 6) is 0.750. The zero-order valence-corrected chi connectivity index (χ0v) is 13.3. The van der Waals surface area contributed by atoms with Crippen molar-refractivity contribution in [3.05, 3.63) is 0 Å². The van der Waals surface area contributed by atoms with Gasteiger partial charge in [-0.15, -0.1) is 0 Å². The largest absolute Gasteiger partial charge is 0.371 e. The highest BCUT2D eigenvalue weighted by Crippen LogP contribution is 2.41. The molecular formula is C16H33NO. The van der Waals surface area contributed by atoms with E-state index < -0.39 is 0 Å². The van der Waals surface area contributed by atoms with E-state index >= 15 is 0 Å². The van der Waals surface area contributed by atoms with Crippen LogP contribution >= 0.6 is 0 Å². The maximum absolute atomic E-state index is 6.29. The standard InChI is InChI=1S/C16H33NO/c1-7-15(3,4)12-9-10-13(17)14(11-12)18-16(5,6)8-2/h12-14H,7-11,17H2,1-6H3. The first-order valence-electron chi connectivity index (χ1n) is 7.65. The molecule has 2 N–H and O–H groups in total. The summed E-state index contributed by atoms with van der Waals surface area (Å²) in [5, 5.41) is 0. The summed E-state index contributed by atoms with van der Waals surface area (Å²) in [4.78, 5) is 0. The highest BCUT2D eigenvalue weighted by atomic mass is 16.5. The Morgan fingerprint density at radius 1 is 1.06 bits per heavy atom. The SMILES string of the molecule is CCC(C)(C)OC1CC(C(C)(C)CC)CCC1N. The zero-order chi connectivity index (χ0) is 14.0. The van der Waals surface area contributed by atoms with Crippen molar-refractivity contribution in [1.29, 1.82) is 0 Å². The molecule has 0 bridgehead atoms. The van der Waals surface area contributed by atoms with Crippen LogP contribution in [-0.4, -0.2) is 17.7 Å². The molecule has 2 nitrogen and oxygen atoms in total. The van der Waals surface area contributed by atoms with E-state index in [9.17, 15) is 0 Å². The van der Waals surface area contributed by atoms with E-state index in [1.165, 1.54) is 12.8 Å².